The first-order chi connectivity index (χ1) is 4.33. The van der Waals surface area contributed by atoms with Gasteiger partial charge >= 0.3 is 0 Å². The van der Waals surface area contributed by atoms with E-state index in [1.165, 1.54) is 6.33 Å². The summed E-state index contributed by atoms with van der Waals surface area (Å²) in [6.07, 6.45) is 1.48. The minimum atomic E-state index is 0. The molecule has 1 rings (SSSR count). The van der Waals surface area contributed by atoms with Crippen molar-refractivity contribution >= 4 is 5.95 Å². The van der Waals surface area contributed by atoms with Crippen LogP contribution in [-0.4, -0.2) is 22.0 Å². The van der Waals surface area contributed by atoms with Crippen LogP contribution in [0.5, 0.6) is 0 Å². The van der Waals surface area contributed by atoms with Gasteiger partial charge in [-0.1, -0.05) is 0 Å². The Bertz CT molecular complexity index is 203. The van der Waals surface area contributed by atoms with Crippen LogP contribution in [-0.2, 0) is 0 Å². The van der Waals surface area contributed by atoms with Gasteiger partial charge in [0.2, 0.25) is 5.95 Å². The molecule has 0 saturated carbocycles. The molecular weight excluding hydrogens is 116 g/mol. The molecule has 1 aromatic rings. The van der Waals surface area contributed by atoms with Crippen LogP contribution in [0.25, 0.3) is 0 Å². The standard InChI is InChI=1S/C5H8N4.H2/c1-4-7-3-8-5(6-2)9-4;/h3H,1-2H3,(H,6,7,8,9);1H. The molecule has 0 fully saturated rings. The van der Waals surface area contributed by atoms with Crippen LogP contribution in [0, 0.1) is 6.92 Å². The van der Waals surface area contributed by atoms with Crippen LogP contribution in [0.4, 0.5) is 5.95 Å². The molecule has 0 aliphatic rings. The highest BCUT2D eigenvalue weighted by Gasteiger charge is 1.89. The van der Waals surface area contributed by atoms with Crippen LogP contribution in [0.3, 0.4) is 0 Å². The monoisotopic (exact) mass is 126 g/mol. The van der Waals surface area contributed by atoms with Gasteiger partial charge in [-0.2, -0.15) is 4.98 Å². The van der Waals surface area contributed by atoms with E-state index in [4.69, 9.17) is 0 Å². The molecular formula is C5H10N4. The smallest absolute Gasteiger partial charge is 0.225 e. The summed E-state index contributed by atoms with van der Waals surface area (Å²) in [4.78, 5) is 11.6. The van der Waals surface area contributed by atoms with E-state index in [2.05, 4.69) is 20.3 Å². The van der Waals surface area contributed by atoms with E-state index in [0.29, 0.717) is 5.95 Å². The van der Waals surface area contributed by atoms with Gasteiger partial charge in [-0.3, -0.25) is 0 Å². The number of aromatic nitrogens is 3. The van der Waals surface area contributed by atoms with E-state index in [9.17, 15) is 0 Å². The maximum Gasteiger partial charge on any atom is 0.225 e. The second kappa shape index (κ2) is 2.39. The molecule has 0 bridgehead atoms. The van der Waals surface area contributed by atoms with Crippen LogP contribution < -0.4 is 5.32 Å². The van der Waals surface area contributed by atoms with Crippen molar-refractivity contribution in [3.8, 4) is 0 Å². The molecule has 0 amide bonds. The Labute approximate surface area is 54.9 Å². The lowest BCUT2D eigenvalue weighted by Crippen LogP contribution is -1.98. The van der Waals surface area contributed by atoms with Gasteiger partial charge in [-0.15, -0.1) is 0 Å². The molecule has 4 nitrogen and oxygen atoms in total. The maximum atomic E-state index is 3.96. The molecule has 1 heterocycles. The summed E-state index contributed by atoms with van der Waals surface area (Å²) in [5, 5.41) is 2.81. The highest BCUT2D eigenvalue weighted by atomic mass is 15.1. The third kappa shape index (κ3) is 1.35. The summed E-state index contributed by atoms with van der Waals surface area (Å²) in [6.45, 7) is 1.82. The van der Waals surface area contributed by atoms with Crippen molar-refractivity contribution in [2.75, 3.05) is 12.4 Å². The lowest BCUT2D eigenvalue weighted by atomic mass is 10.7. The number of anilines is 1. The summed E-state index contributed by atoms with van der Waals surface area (Å²) in [5.74, 6) is 1.34. The van der Waals surface area contributed by atoms with Crippen LogP contribution in [0.1, 0.15) is 7.25 Å². The minimum Gasteiger partial charge on any atom is -0.357 e. The van der Waals surface area contributed by atoms with Gasteiger partial charge in [0.25, 0.3) is 0 Å². The molecule has 0 aliphatic carbocycles. The average Bonchev–Trinajstić information content (AvgIpc) is 1.88. The second-order valence-corrected chi connectivity index (χ2v) is 1.61. The van der Waals surface area contributed by atoms with E-state index in [-0.39, 0.29) is 1.43 Å². The minimum absolute atomic E-state index is 0. The maximum absolute atomic E-state index is 3.96. The molecule has 50 valence electrons. The van der Waals surface area contributed by atoms with Gasteiger partial charge in [-0.05, 0) is 6.92 Å². The van der Waals surface area contributed by atoms with Gasteiger partial charge in [0.05, 0.1) is 0 Å². The lowest BCUT2D eigenvalue weighted by molar-refractivity contribution is 0.977. The Balaban J connectivity index is 0.000000810. The van der Waals surface area contributed by atoms with E-state index < -0.39 is 0 Å². The lowest BCUT2D eigenvalue weighted by Gasteiger charge is -1.94. The van der Waals surface area contributed by atoms with Gasteiger partial charge < -0.3 is 5.32 Å². The molecule has 0 saturated heterocycles. The number of nitrogens with zero attached hydrogens (tertiary/aromatic N) is 3. The molecule has 1 N–H and O–H groups in total. The molecule has 4 heteroatoms. The van der Waals surface area contributed by atoms with Crippen molar-refractivity contribution in [2.45, 2.75) is 6.92 Å². The summed E-state index contributed by atoms with van der Waals surface area (Å²) in [7, 11) is 1.77. The molecule has 0 aliphatic heterocycles. The van der Waals surface area contributed by atoms with Crippen molar-refractivity contribution in [3.05, 3.63) is 12.2 Å². The third-order valence-electron chi connectivity index (χ3n) is 0.916. The van der Waals surface area contributed by atoms with Gasteiger partial charge in [0.15, 0.2) is 0 Å². The van der Waals surface area contributed by atoms with E-state index in [1.807, 2.05) is 6.92 Å². The van der Waals surface area contributed by atoms with Crippen molar-refractivity contribution in [1.82, 2.24) is 15.0 Å². The summed E-state index contributed by atoms with van der Waals surface area (Å²) < 4.78 is 0. The molecule has 0 spiro atoms. The number of hydrogen-bond donors (Lipinski definition) is 1. The van der Waals surface area contributed by atoms with Crippen molar-refractivity contribution < 1.29 is 1.43 Å². The molecule has 0 radical (unpaired) electrons. The topological polar surface area (TPSA) is 50.7 Å². The highest BCUT2D eigenvalue weighted by Crippen LogP contribution is 1.91. The zero-order valence-corrected chi connectivity index (χ0v) is 5.42. The van der Waals surface area contributed by atoms with Crippen LogP contribution in [0.2, 0.25) is 0 Å². The largest absolute Gasteiger partial charge is 0.357 e. The second-order valence-electron chi connectivity index (χ2n) is 1.61. The van der Waals surface area contributed by atoms with Crippen molar-refractivity contribution in [3.63, 3.8) is 0 Å². The number of aryl methyl sites for hydroxylation is 1. The Morgan fingerprint density at radius 3 is 2.78 bits per heavy atom. The molecule has 1 aromatic heterocycles. The normalized spacial score (nSPS) is 9.11. The highest BCUT2D eigenvalue weighted by molar-refractivity contribution is 5.19. The number of rotatable bonds is 1. The van der Waals surface area contributed by atoms with Gasteiger partial charge in [0, 0.05) is 8.47 Å². The van der Waals surface area contributed by atoms with E-state index >= 15 is 0 Å². The fraction of sp³-hybridized carbons (Fsp3) is 0.400. The Kier molecular flexibility index (Phi) is 1.58. The number of nitrogens with one attached hydrogen (secondary N) is 1. The van der Waals surface area contributed by atoms with E-state index in [0.717, 1.165) is 5.82 Å². The SMILES string of the molecule is CNc1ncnc(C)n1.[HH]. The zero-order chi connectivity index (χ0) is 6.69. The summed E-state index contributed by atoms with van der Waals surface area (Å²) in [5.41, 5.74) is 0. The number of hydrogen-bond acceptors (Lipinski definition) is 4. The first-order valence-corrected chi connectivity index (χ1v) is 2.66. The first-order valence-electron chi connectivity index (χ1n) is 2.66. The fourth-order valence-corrected chi connectivity index (χ4v) is 0.499. The molecule has 0 aromatic carbocycles. The Hall–Kier alpha value is -1.19. The molecule has 0 unspecified atom stereocenters. The first kappa shape index (κ1) is 5.94. The van der Waals surface area contributed by atoms with Crippen molar-refractivity contribution in [2.24, 2.45) is 0 Å². The van der Waals surface area contributed by atoms with Crippen LogP contribution in [0.15, 0.2) is 6.33 Å². The third-order valence-corrected chi connectivity index (χ3v) is 0.916. The summed E-state index contributed by atoms with van der Waals surface area (Å²) in [6, 6.07) is 0. The van der Waals surface area contributed by atoms with E-state index in [1.54, 1.807) is 7.05 Å². The predicted octanol–water partition coefficient (Wildman–Crippen LogP) is 0.468. The molecule has 0 atom stereocenters. The Morgan fingerprint density at radius 2 is 2.33 bits per heavy atom. The van der Waals surface area contributed by atoms with Gasteiger partial charge in [-0.25, -0.2) is 9.97 Å². The van der Waals surface area contributed by atoms with Gasteiger partial charge in [0.1, 0.15) is 12.2 Å². The average molecular weight is 126 g/mol. The Morgan fingerprint density at radius 1 is 1.56 bits per heavy atom. The summed E-state index contributed by atoms with van der Waals surface area (Å²) >= 11 is 0. The molecule has 9 heavy (non-hydrogen) atoms. The fourth-order valence-electron chi connectivity index (χ4n) is 0.499. The quantitative estimate of drug-likeness (QED) is 0.594. The van der Waals surface area contributed by atoms with Crippen LogP contribution >= 0.6 is 0 Å². The zero-order valence-electron chi connectivity index (χ0n) is 5.42. The van der Waals surface area contributed by atoms with Crippen molar-refractivity contribution in [1.29, 1.82) is 0 Å². The predicted molar refractivity (Wildman–Crippen MR) is 36.2 cm³/mol.